The molecule has 184 valence electrons. The Morgan fingerprint density at radius 1 is 0.818 bits per heavy atom. The van der Waals surface area contributed by atoms with Crippen molar-refractivity contribution in [1.82, 2.24) is 16.0 Å². The summed E-state index contributed by atoms with van der Waals surface area (Å²) in [5.41, 5.74) is 4.60. The van der Waals surface area contributed by atoms with Crippen LogP contribution in [0.1, 0.15) is 65.7 Å². The summed E-state index contributed by atoms with van der Waals surface area (Å²) in [5.74, 6) is -2.23. The van der Waals surface area contributed by atoms with Crippen LogP contribution in [0.5, 0.6) is 0 Å². The molecule has 1 aromatic rings. The molecule has 0 aliphatic rings. The largest absolute Gasteiger partial charge is 0.368 e. The molecule has 4 amide bonds. The molecule has 0 unspecified atom stereocenters. The molecule has 0 radical (unpaired) electrons. The minimum atomic E-state index is -0.954. The number of carbonyl (C=O) groups is 4. The van der Waals surface area contributed by atoms with Crippen molar-refractivity contribution in [3.05, 3.63) is 33.4 Å². The lowest BCUT2D eigenvalue weighted by Crippen LogP contribution is -2.62. The molecule has 1 rings (SSSR count). The number of hydrogen-bond donors (Lipinski definition) is 4. The van der Waals surface area contributed by atoms with Crippen LogP contribution in [0.2, 0.25) is 0 Å². The quantitative estimate of drug-likeness (QED) is 0.357. The maximum Gasteiger partial charge on any atom is 0.253 e. The van der Waals surface area contributed by atoms with Gasteiger partial charge in [-0.25, -0.2) is 0 Å². The molecule has 0 heterocycles. The highest BCUT2D eigenvalue weighted by molar-refractivity contribution is 14.1. The van der Waals surface area contributed by atoms with Crippen LogP contribution in [0.3, 0.4) is 0 Å². The Balaban J connectivity index is 3.17. The summed E-state index contributed by atoms with van der Waals surface area (Å²) in [6, 6.07) is 4.36. The first-order valence-electron chi connectivity index (χ1n) is 10.9. The minimum absolute atomic E-state index is 0.210. The van der Waals surface area contributed by atoms with Crippen LogP contribution in [0.4, 0.5) is 0 Å². The summed E-state index contributed by atoms with van der Waals surface area (Å²) in [4.78, 5) is 51.1. The summed E-state index contributed by atoms with van der Waals surface area (Å²) >= 11 is 2.07. The molecule has 8 nitrogen and oxygen atoms in total. The molecule has 0 aliphatic carbocycles. The van der Waals surface area contributed by atoms with E-state index in [4.69, 9.17) is 5.73 Å². The Morgan fingerprint density at radius 3 is 1.70 bits per heavy atom. The monoisotopic (exact) mass is 572 g/mol. The first kappa shape index (κ1) is 28.9. The van der Waals surface area contributed by atoms with E-state index >= 15 is 0 Å². The Kier molecular flexibility index (Phi) is 9.89. The van der Waals surface area contributed by atoms with Crippen LogP contribution in [0.15, 0.2) is 24.3 Å². The van der Waals surface area contributed by atoms with Crippen LogP contribution < -0.4 is 21.7 Å². The van der Waals surface area contributed by atoms with Gasteiger partial charge < -0.3 is 21.7 Å². The predicted molar refractivity (Wildman–Crippen MR) is 137 cm³/mol. The molecular weight excluding hydrogens is 535 g/mol. The van der Waals surface area contributed by atoms with Gasteiger partial charge in [-0.05, 0) is 51.5 Å². The second kappa shape index (κ2) is 11.3. The number of benzene rings is 1. The predicted octanol–water partition coefficient (Wildman–Crippen LogP) is 2.59. The lowest BCUT2D eigenvalue weighted by atomic mass is 9.83. The number of carbonyl (C=O) groups excluding carboxylic acids is 4. The Labute approximate surface area is 210 Å². The summed E-state index contributed by atoms with van der Waals surface area (Å²) < 4.78 is 0.763. The van der Waals surface area contributed by atoms with Crippen LogP contribution in [0.25, 0.3) is 0 Å². The molecule has 5 N–H and O–H groups in total. The third-order valence-corrected chi connectivity index (χ3v) is 6.15. The van der Waals surface area contributed by atoms with Crippen molar-refractivity contribution in [1.29, 1.82) is 0 Å². The minimum Gasteiger partial charge on any atom is -0.368 e. The van der Waals surface area contributed by atoms with Gasteiger partial charge in [-0.1, -0.05) is 67.5 Å². The molecule has 0 saturated carbocycles. The maximum atomic E-state index is 13.4. The van der Waals surface area contributed by atoms with Gasteiger partial charge in [0.2, 0.25) is 17.7 Å². The first-order chi connectivity index (χ1) is 15.0. The average Bonchev–Trinajstić information content (AvgIpc) is 2.65. The molecule has 33 heavy (non-hydrogen) atoms. The fraction of sp³-hybridized carbons (Fsp3) is 0.583. The van der Waals surface area contributed by atoms with Gasteiger partial charge in [-0.15, -0.1) is 0 Å². The maximum absolute atomic E-state index is 13.4. The highest BCUT2D eigenvalue weighted by Gasteiger charge is 2.40. The van der Waals surface area contributed by atoms with Crippen molar-refractivity contribution in [2.75, 3.05) is 0 Å². The molecule has 0 aliphatic heterocycles. The van der Waals surface area contributed by atoms with E-state index in [2.05, 4.69) is 38.5 Å². The van der Waals surface area contributed by atoms with Crippen molar-refractivity contribution in [3.63, 3.8) is 0 Å². The second-order valence-electron chi connectivity index (χ2n) is 10.7. The van der Waals surface area contributed by atoms with Crippen molar-refractivity contribution in [2.24, 2.45) is 22.5 Å². The molecule has 9 heteroatoms. The van der Waals surface area contributed by atoms with E-state index < -0.39 is 46.7 Å². The molecule has 0 spiro atoms. The van der Waals surface area contributed by atoms with Crippen molar-refractivity contribution in [2.45, 2.75) is 73.5 Å². The molecule has 3 atom stereocenters. The smallest absolute Gasteiger partial charge is 0.253 e. The van der Waals surface area contributed by atoms with Crippen molar-refractivity contribution < 1.29 is 19.2 Å². The Morgan fingerprint density at radius 2 is 1.27 bits per heavy atom. The first-order valence-corrected chi connectivity index (χ1v) is 12.0. The fourth-order valence-electron chi connectivity index (χ4n) is 3.23. The number of nitrogens with one attached hydrogen (secondary N) is 3. The molecule has 0 aromatic heterocycles. The van der Waals surface area contributed by atoms with E-state index in [-0.39, 0.29) is 11.8 Å². The molecule has 0 fully saturated rings. The zero-order chi connectivity index (χ0) is 25.7. The van der Waals surface area contributed by atoms with Gasteiger partial charge in [0.1, 0.15) is 18.1 Å². The zero-order valence-electron chi connectivity index (χ0n) is 20.7. The number of rotatable bonds is 8. The number of primary amides is 1. The van der Waals surface area contributed by atoms with E-state index in [0.717, 1.165) is 3.57 Å². The highest BCUT2D eigenvalue weighted by Crippen LogP contribution is 2.24. The highest BCUT2D eigenvalue weighted by atomic mass is 127. The number of hydrogen-bond acceptors (Lipinski definition) is 4. The summed E-state index contributed by atoms with van der Waals surface area (Å²) in [6.45, 7) is 14.5. The van der Waals surface area contributed by atoms with Gasteiger partial charge in [-0.3, -0.25) is 19.2 Å². The normalized spacial score (nSPS) is 14.7. The lowest BCUT2D eigenvalue weighted by Gasteiger charge is -2.36. The standard InChI is InChI=1S/C24H37IN4O4/c1-13(2)16(19(26)30)27-21(32)17(23(3,4)5)29-22(33)18(24(6,7)8)28-20(31)14-11-9-10-12-15(14)25/h9-13,16-18H,1-8H3,(H2,26,30)(H,27,32)(H,28,31)(H,29,33)/t16-,17+,18+/m0/s1. The third-order valence-electron chi connectivity index (χ3n) is 5.21. The van der Waals surface area contributed by atoms with Gasteiger partial charge in [0.15, 0.2) is 0 Å². The number of halogens is 1. The fourth-order valence-corrected chi connectivity index (χ4v) is 3.87. The Hall–Kier alpha value is -2.17. The number of amides is 4. The van der Waals surface area contributed by atoms with E-state index in [1.54, 1.807) is 26.0 Å². The molecule has 1 aromatic carbocycles. The summed E-state index contributed by atoms with van der Waals surface area (Å²) in [7, 11) is 0. The van der Waals surface area contributed by atoms with Gasteiger partial charge in [0.25, 0.3) is 5.91 Å². The van der Waals surface area contributed by atoms with Gasteiger partial charge >= 0.3 is 0 Å². The van der Waals surface area contributed by atoms with E-state index in [9.17, 15) is 19.2 Å². The zero-order valence-corrected chi connectivity index (χ0v) is 22.9. The topological polar surface area (TPSA) is 130 Å². The van der Waals surface area contributed by atoms with Crippen LogP contribution >= 0.6 is 22.6 Å². The second-order valence-corrected chi connectivity index (χ2v) is 11.9. The molecule has 0 bridgehead atoms. The molecular formula is C24H37IN4O4. The van der Waals surface area contributed by atoms with Crippen LogP contribution in [-0.4, -0.2) is 41.8 Å². The van der Waals surface area contributed by atoms with E-state index in [1.165, 1.54) is 0 Å². The summed E-state index contributed by atoms with van der Waals surface area (Å²) in [5, 5.41) is 8.29. The Bertz CT molecular complexity index is 887. The molecule has 0 saturated heterocycles. The summed E-state index contributed by atoms with van der Waals surface area (Å²) in [6.07, 6.45) is 0. The van der Waals surface area contributed by atoms with Gasteiger partial charge in [0.05, 0.1) is 5.56 Å². The van der Waals surface area contributed by atoms with Crippen LogP contribution in [-0.2, 0) is 14.4 Å². The number of nitrogens with two attached hydrogens (primary N) is 1. The van der Waals surface area contributed by atoms with Crippen molar-refractivity contribution >= 4 is 46.2 Å². The SMILES string of the molecule is CC(C)[C@H](NC(=O)[C@@H](NC(=O)[C@@H](NC(=O)c1ccccc1I)C(C)(C)C)C(C)(C)C)C(N)=O. The van der Waals surface area contributed by atoms with Crippen LogP contribution in [0, 0.1) is 20.3 Å². The third kappa shape index (κ3) is 8.28. The van der Waals surface area contributed by atoms with Gasteiger partial charge in [0, 0.05) is 3.57 Å². The van der Waals surface area contributed by atoms with E-state index in [1.807, 2.05) is 53.7 Å². The van der Waals surface area contributed by atoms with Crippen molar-refractivity contribution in [3.8, 4) is 0 Å². The average molecular weight is 572 g/mol. The van der Waals surface area contributed by atoms with Gasteiger partial charge in [-0.2, -0.15) is 0 Å². The van der Waals surface area contributed by atoms with E-state index in [0.29, 0.717) is 5.56 Å². The lowest BCUT2D eigenvalue weighted by molar-refractivity contribution is -0.135.